The molecule has 1 unspecified atom stereocenters. The number of phenols is 1. The average Bonchev–Trinajstić information content (AvgIpc) is 2.48. The number of hydrogen-bond acceptors (Lipinski definition) is 3. The third kappa shape index (κ3) is 5.05. The Morgan fingerprint density at radius 1 is 1.33 bits per heavy atom. The molecule has 0 bridgehead atoms. The molecule has 1 fully saturated rings. The predicted octanol–water partition coefficient (Wildman–Crippen LogP) is 2.17. The Balaban J connectivity index is 1.76. The van der Waals surface area contributed by atoms with Crippen molar-refractivity contribution in [3.05, 3.63) is 29.8 Å². The summed E-state index contributed by atoms with van der Waals surface area (Å²) in [6.07, 6.45) is 3.32. The Morgan fingerprint density at radius 3 is 2.52 bits per heavy atom. The average molecular weight is 290 g/mol. The van der Waals surface area contributed by atoms with E-state index < -0.39 is 0 Å². The molecule has 1 saturated heterocycles. The molecule has 0 radical (unpaired) electrons. The zero-order valence-electron chi connectivity index (χ0n) is 13.0. The van der Waals surface area contributed by atoms with E-state index in [-0.39, 0.29) is 5.91 Å². The van der Waals surface area contributed by atoms with E-state index in [1.807, 2.05) is 12.1 Å². The highest BCUT2D eigenvalue weighted by Gasteiger charge is 2.22. The molecule has 2 rings (SSSR count). The second-order valence-electron chi connectivity index (χ2n) is 6.14. The summed E-state index contributed by atoms with van der Waals surface area (Å²) in [5.41, 5.74) is 1.26. The van der Waals surface area contributed by atoms with Crippen LogP contribution in [-0.2, 0) is 11.2 Å². The van der Waals surface area contributed by atoms with Crippen LogP contribution in [0.25, 0.3) is 0 Å². The first-order chi connectivity index (χ1) is 10.0. The number of carbonyl (C=O) groups excluding carboxylic acids is 1. The van der Waals surface area contributed by atoms with Crippen LogP contribution in [0.3, 0.4) is 0 Å². The van der Waals surface area contributed by atoms with E-state index in [2.05, 4.69) is 17.1 Å². The Kier molecular flexibility index (Phi) is 5.62. The first-order valence-electron chi connectivity index (χ1n) is 7.81. The van der Waals surface area contributed by atoms with Crippen LogP contribution in [0.2, 0.25) is 0 Å². The summed E-state index contributed by atoms with van der Waals surface area (Å²) in [6, 6.07) is 8.00. The van der Waals surface area contributed by atoms with E-state index in [0.29, 0.717) is 17.7 Å². The van der Waals surface area contributed by atoms with Gasteiger partial charge in [-0.3, -0.25) is 4.79 Å². The van der Waals surface area contributed by atoms with E-state index >= 15 is 0 Å². The monoisotopic (exact) mass is 290 g/mol. The zero-order chi connectivity index (χ0) is 15.2. The Morgan fingerprint density at radius 2 is 1.95 bits per heavy atom. The van der Waals surface area contributed by atoms with Crippen molar-refractivity contribution in [1.82, 2.24) is 10.2 Å². The van der Waals surface area contributed by atoms with Gasteiger partial charge in [0.1, 0.15) is 5.75 Å². The summed E-state index contributed by atoms with van der Waals surface area (Å²) in [7, 11) is 0. The van der Waals surface area contributed by atoms with Gasteiger partial charge in [0, 0.05) is 19.5 Å². The maximum Gasteiger partial charge on any atom is 0.216 e. The molecule has 4 nitrogen and oxygen atoms in total. The topological polar surface area (TPSA) is 52.6 Å². The minimum atomic E-state index is 0.0677. The van der Waals surface area contributed by atoms with E-state index in [4.69, 9.17) is 0 Å². The number of piperidine rings is 1. The summed E-state index contributed by atoms with van der Waals surface area (Å²) in [5.74, 6) is 1.01. The van der Waals surface area contributed by atoms with Crippen LogP contribution in [0, 0.1) is 5.92 Å². The van der Waals surface area contributed by atoms with E-state index in [9.17, 15) is 9.90 Å². The summed E-state index contributed by atoms with van der Waals surface area (Å²) in [5, 5.41) is 12.2. The maximum absolute atomic E-state index is 10.9. The smallest absolute Gasteiger partial charge is 0.216 e. The number of amides is 1. The van der Waals surface area contributed by atoms with Gasteiger partial charge in [-0.2, -0.15) is 0 Å². The molecule has 1 atom stereocenters. The van der Waals surface area contributed by atoms with Crippen LogP contribution in [0.5, 0.6) is 5.75 Å². The summed E-state index contributed by atoms with van der Waals surface area (Å²) in [4.78, 5) is 13.5. The second-order valence-corrected chi connectivity index (χ2v) is 6.14. The van der Waals surface area contributed by atoms with Crippen LogP contribution < -0.4 is 5.32 Å². The molecule has 1 heterocycles. The lowest BCUT2D eigenvalue weighted by Gasteiger charge is -2.36. The van der Waals surface area contributed by atoms with Crippen LogP contribution in [0.1, 0.15) is 32.3 Å². The molecule has 4 heteroatoms. The quantitative estimate of drug-likeness (QED) is 0.874. The summed E-state index contributed by atoms with van der Waals surface area (Å²) >= 11 is 0. The Hall–Kier alpha value is -1.55. The second kappa shape index (κ2) is 7.46. The molecule has 0 saturated carbocycles. The van der Waals surface area contributed by atoms with Crippen molar-refractivity contribution in [2.24, 2.45) is 5.92 Å². The van der Waals surface area contributed by atoms with Crippen LogP contribution in [0.15, 0.2) is 24.3 Å². The fraction of sp³-hybridized carbons (Fsp3) is 0.588. The predicted molar refractivity (Wildman–Crippen MR) is 84.3 cm³/mol. The van der Waals surface area contributed by atoms with Gasteiger partial charge < -0.3 is 15.3 Å². The molecule has 116 valence electrons. The number of carbonyl (C=O) groups is 1. The third-order valence-electron chi connectivity index (χ3n) is 4.38. The Labute approximate surface area is 127 Å². The summed E-state index contributed by atoms with van der Waals surface area (Å²) < 4.78 is 0. The van der Waals surface area contributed by atoms with Crippen LogP contribution in [-0.4, -0.2) is 41.6 Å². The molecule has 0 aromatic heterocycles. The molecule has 1 amide bonds. The van der Waals surface area contributed by atoms with Gasteiger partial charge in [0.25, 0.3) is 0 Å². The first kappa shape index (κ1) is 15.8. The molecule has 1 aliphatic heterocycles. The van der Waals surface area contributed by atoms with Gasteiger partial charge in [-0.1, -0.05) is 12.1 Å². The van der Waals surface area contributed by atoms with Gasteiger partial charge in [-0.15, -0.1) is 0 Å². The highest BCUT2D eigenvalue weighted by Crippen LogP contribution is 2.20. The SMILES string of the molecule is CC(=O)NCC1CCN(C(C)Cc2ccc(O)cc2)CC1. The van der Waals surface area contributed by atoms with Crippen molar-refractivity contribution < 1.29 is 9.90 Å². The van der Waals surface area contributed by atoms with Crippen molar-refractivity contribution in [2.45, 2.75) is 39.2 Å². The lowest BCUT2D eigenvalue weighted by Crippen LogP contribution is -2.43. The number of rotatable bonds is 5. The molecule has 2 N–H and O–H groups in total. The van der Waals surface area contributed by atoms with Crippen LogP contribution >= 0.6 is 0 Å². The fourth-order valence-corrected chi connectivity index (χ4v) is 2.99. The number of nitrogens with zero attached hydrogens (tertiary/aromatic N) is 1. The number of hydrogen-bond donors (Lipinski definition) is 2. The van der Waals surface area contributed by atoms with Gasteiger partial charge >= 0.3 is 0 Å². The number of benzene rings is 1. The fourth-order valence-electron chi connectivity index (χ4n) is 2.99. The lowest BCUT2D eigenvalue weighted by atomic mass is 9.94. The van der Waals surface area contributed by atoms with Crippen molar-refractivity contribution in [1.29, 1.82) is 0 Å². The maximum atomic E-state index is 10.9. The number of phenolic OH excluding ortho intramolecular Hbond substituents is 1. The van der Waals surface area contributed by atoms with Crippen molar-refractivity contribution >= 4 is 5.91 Å². The highest BCUT2D eigenvalue weighted by molar-refractivity contribution is 5.72. The molecule has 1 aromatic rings. The van der Waals surface area contributed by atoms with Gasteiger partial charge in [0.15, 0.2) is 0 Å². The number of nitrogens with one attached hydrogen (secondary N) is 1. The molecular formula is C17H26N2O2. The zero-order valence-corrected chi connectivity index (χ0v) is 13.0. The van der Waals surface area contributed by atoms with Gasteiger partial charge in [0.05, 0.1) is 0 Å². The first-order valence-corrected chi connectivity index (χ1v) is 7.81. The standard InChI is InChI=1S/C17H26N2O2/c1-13(11-15-3-5-17(21)6-4-15)19-9-7-16(8-10-19)12-18-14(2)20/h3-6,13,16,21H,7-12H2,1-2H3,(H,18,20). The van der Waals surface area contributed by atoms with Crippen molar-refractivity contribution in [2.75, 3.05) is 19.6 Å². The lowest BCUT2D eigenvalue weighted by molar-refractivity contribution is -0.119. The minimum Gasteiger partial charge on any atom is -0.508 e. The Bertz CT molecular complexity index is 450. The van der Waals surface area contributed by atoms with E-state index in [0.717, 1.165) is 38.9 Å². The van der Waals surface area contributed by atoms with Gasteiger partial charge in [-0.05, 0) is 62.9 Å². The normalized spacial score (nSPS) is 18.4. The highest BCUT2D eigenvalue weighted by atomic mass is 16.3. The molecule has 0 spiro atoms. The number of likely N-dealkylation sites (tertiary alicyclic amines) is 1. The molecular weight excluding hydrogens is 264 g/mol. The molecule has 1 aliphatic rings. The molecule has 1 aromatic carbocycles. The van der Waals surface area contributed by atoms with Crippen LogP contribution in [0.4, 0.5) is 0 Å². The van der Waals surface area contributed by atoms with E-state index in [1.165, 1.54) is 5.56 Å². The third-order valence-corrected chi connectivity index (χ3v) is 4.38. The van der Waals surface area contributed by atoms with Crippen molar-refractivity contribution in [3.8, 4) is 5.75 Å². The van der Waals surface area contributed by atoms with Crippen molar-refractivity contribution in [3.63, 3.8) is 0 Å². The number of aromatic hydroxyl groups is 1. The molecule has 0 aliphatic carbocycles. The van der Waals surface area contributed by atoms with E-state index in [1.54, 1.807) is 19.1 Å². The molecule has 21 heavy (non-hydrogen) atoms. The van der Waals surface area contributed by atoms with Gasteiger partial charge in [0.2, 0.25) is 5.91 Å². The minimum absolute atomic E-state index is 0.0677. The largest absolute Gasteiger partial charge is 0.508 e. The van der Waals surface area contributed by atoms with Gasteiger partial charge in [-0.25, -0.2) is 0 Å². The summed E-state index contributed by atoms with van der Waals surface area (Å²) in [6.45, 7) is 6.86.